The van der Waals surface area contributed by atoms with Crippen molar-refractivity contribution in [2.45, 2.75) is 26.8 Å². The molecule has 1 aromatic heterocycles. The molecule has 0 aromatic carbocycles. The van der Waals surface area contributed by atoms with E-state index in [0.29, 0.717) is 6.54 Å². The molecule has 19 heavy (non-hydrogen) atoms. The number of nitrogens with zero attached hydrogens (tertiary/aromatic N) is 4. The van der Waals surface area contributed by atoms with Crippen LogP contribution in [0.25, 0.3) is 0 Å². The van der Waals surface area contributed by atoms with Crippen molar-refractivity contribution in [3.63, 3.8) is 0 Å². The molecule has 7 heteroatoms. The quantitative estimate of drug-likeness (QED) is 0.259. The van der Waals surface area contributed by atoms with E-state index >= 15 is 0 Å². The fourth-order valence-corrected chi connectivity index (χ4v) is 1.40. The molecular weight excluding hydrogens is 355 g/mol. The van der Waals surface area contributed by atoms with Gasteiger partial charge < -0.3 is 10.6 Å². The van der Waals surface area contributed by atoms with Gasteiger partial charge in [0.2, 0.25) is 0 Å². The van der Waals surface area contributed by atoms with Gasteiger partial charge in [0.15, 0.2) is 5.96 Å². The molecule has 108 valence electrons. The lowest BCUT2D eigenvalue weighted by Crippen LogP contribution is -2.37. The fraction of sp³-hybridized carbons (Fsp3) is 0.583. The van der Waals surface area contributed by atoms with Crippen molar-refractivity contribution < 1.29 is 0 Å². The maximum absolute atomic E-state index is 4.46. The van der Waals surface area contributed by atoms with Crippen LogP contribution in [-0.2, 0) is 13.6 Å². The molecule has 1 rings (SSSR count). The first kappa shape index (κ1) is 17.9. The maximum Gasteiger partial charge on any atom is 0.191 e. The van der Waals surface area contributed by atoms with Gasteiger partial charge in [-0.3, -0.25) is 4.68 Å². The maximum atomic E-state index is 4.46. The summed E-state index contributed by atoms with van der Waals surface area (Å²) in [6.07, 6.45) is 6.70. The number of halogens is 1. The van der Waals surface area contributed by atoms with E-state index in [-0.39, 0.29) is 24.0 Å². The summed E-state index contributed by atoms with van der Waals surface area (Å²) in [5.41, 5.74) is 0. The number of hydrogen-bond acceptors (Lipinski definition) is 3. The van der Waals surface area contributed by atoms with Gasteiger partial charge in [0.25, 0.3) is 0 Å². The van der Waals surface area contributed by atoms with Gasteiger partial charge in [-0.05, 0) is 20.3 Å². The van der Waals surface area contributed by atoms with Crippen molar-refractivity contribution in [2.75, 3.05) is 13.1 Å². The van der Waals surface area contributed by atoms with Crippen LogP contribution >= 0.6 is 24.0 Å². The topological polar surface area (TPSA) is 67.1 Å². The third kappa shape index (κ3) is 7.14. The van der Waals surface area contributed by atoms with Crippen molar-refractivity contribution in [1.82, 2.24) is 25.4 Å². The van der Waals surface area contributed by atoms with Crippen LogP contribution in [0, 0.1) is 0 Å². The number of allylic oxidation sites excluding steroid dienone is 1. The molecule has 6 nitrogen and oxygen atoms in total. The Hall–Kier alpha value is -1.12. The Morgan fingerprint density at radius 1 is 1.47 bits per heavy atom. The summed E-state index contributed by atoms with van der Waals surface area (Å²) < 4.78 is 1.73. The van der Waals surface area contributed by atoms with Gasteiger partial charge in [0.1, 0.15) is 18.7 Å². The Morgan fingerprint density at radius 3 is 2.84 bits per heavy atom. The van der Waals surface area contributed by atoms with E-state index in [9.17, 15) is 0 Å². The molecule has 2 N–H and O–H groups in total. The van der Waals surface area contributed by atoms with Crippen molar-refractivity contribution in [3.05, 3.63) is 24.3 Å². The van der Waals surface area contributed by atoms with Crippen molar-refractivity contribution >= 4 is 29.9 Å². The van der Waals surface area contributed by atoms with E-state index in [1.165, 1.54) is 6.33 Å². The minimum Gasteiger partial charge on any atom is -0.357 e. The zero-order valence-electron chi connectivity index (χ0n) is 11.8. The van der Waals surface area contributed by atoms with Gasteiger partial charge in [-0.2, -0.15) is 5.10 Å². The summed E-state index contributed by atoms with van der Waals surface area (Å²) in [5.74, 6) is 1.66. The molecular formula is C12H23IN6. The Balaban J connectivity index is 0.00000324. The zero-order chi connectivity index (χ0) is 13.2. The molecule has 0 spiro atoms. The largest absolute Gasteiger partial charge is 0.357 e. The van der Waals surface area contributed by atoms with Crippen molar-refractivity contribution in [2.24, 2.45) is 12.0 Å². The molecule has 0 saturated carbocycles. The Bertz CT molecular complexity index is 399. The summed E-state index contributed by atoms with van der Waals surface area (Å²) in [6, 6.07) is 0. The van der Waals surface area contributed by atoms with Crippen LogP contribution in [0.4, 0.5) is 0 Å². The monoisotopic (exact) mass is 378 g/mol. The van der Waals surface area contributed by atoms with E-state index in [1.54, 1.807) is 4.68 Å². The second kappa shape index (κ2) is 10.8. The average molecular weight is 378 g/mol. The molecule has 0 bridgehead atoms. The summed E-state index contributed by atoms with van der Waals surface area (Å²) in [5, 5.41) is 10.5. The minimum atomic E-state index is 0. The van der Waals surface area contributed by atoms with E-state index < -0.39 is 0 Å². The van der Waals surface area contributed by atoms with Crippen LogP contribution in [0.15, 0.2) is 23.5 Å². The first-order chi connectivity index (χ1) is 8.77. The first-order valence-corrected chi connectivity index (χ1v) is 6.24. The third-order valence-electron chi connectivity index (χ3n) is 2.37. The van der Waals surface area contributed by atoms with Crippen LogP contribution in [0.1, 0.15) is 26.1 Å². The highest BCUT2D eigenvalue weighted by Gasteiger charge is 2.00. The summed E-state index contributed by atoms with van der Waals surface area (Å²) in [7, 11) is 1.87. The van der Waals surface area contributed by atoms with Crippen LogP contribution in [0.2, 0.25) is 0 Å². The molecule has 0 saturated heterocycles. The van der Waals surface area contributed by atoms with Crippen molar-refractivity contribution in [1.29, 1.82) is 0 Å². The smallest absolute Gasteiger partial charge is 0.191 e. The molecule has 0 amide bonds. The van der Waals surface area contributed by atoms with Crippen molar-refractivity contribution in [3.8, 4) is 0 Å². The lowest BCUT2D eigenvalue weighted by Gasteiger charge is -2.09. The molecule has 0 aliphatic heterocycles. The van der Waals surface area contributed by atoms with Gasteiger partial charge in [-0.15, -0.1) is 24.0 Å². The van der Waals surface area contributed by atoms with Crippen LogP contribution in [-0.4, -0.2) is 33.8 Å². The van der Waals surface area contributed by atoms with E-state index in [4.69, 9.17) is 0 Å². The normalized spacial score (nSPS) is 11.4. The fourth-order valence-electron chi connectivity index (χ4n) is 1.40. The highest BCUT2D eigenvalue weighted by molar-refractivity contribution is 14.0. The molecule has 0 fully saturated rings. The lowest BCUT2D eigenvalue weighted by molar-refractivity contribution is 0.697. The van der Waals surface area contributed by atoms with Gasteiger partial charge in [0, 0.05) is 20.1 Å². The summed E-state index contributed by atoms with van der Waals surface area (Å²) in [6.45, 7) is 6.30. The molecule has 0 unspecified atom stereocenters. The predicted molar refractivity (Wildman–Crippen MR) is 88.7 cm³/mol. The number of guanidine groups is 1. The number of aryl methyl sites for hydroxylation is 1. The standard InChI is InChI=1S/C12H22N6.HI/c1-4-6-7-8-14-12(13-5-2)15-9-11-16-10-17-18(11)3;/h4,6,10H,5,7-9H2,1-3H3,(H2,13,14,15);1H. The summed E-state index contributed by atoms with van der Waals surface area (Å²) in [4.78, 5) is 8.60. The van der Waals surface area contributed by atoms with E-state index in [0.717, 1.165) is 31.3 Å². The highest BCUT2D eigenvalue weighted by atomic mass is 127. The Kier molecular flexibility index (Phi) is 10.1. The zero-order valence-corrected chi connectivity index (χ0v) is 14.1. The lowest BCUT2D eigenvalue weighted by atomic mass is 10.4. The number of nitrogens with one attached hydrogen (secondary N) is 2. The minimum absolute atomic E-state index is 0. The second-order valence-electron chi connectivity index (χ2n) is 3.78. The van der Waals surface area contributed by atoms with E-state index in [2.05, 4.69) is 31.8 Å². The average Bonchev–Trinajstić information content (AvgIpc) is 2.77. The van der Waals surface area contributed by atoms with Gasteiger partial charge in [-0.25, -0.2) is 9.98 Å². The SMILES string of the molecule is CC=CCCNC(=NCc1ncnn1C)NCC.I. The third-order valence-corrected chi connectivity index (χ3v) is 2.37. The van der Waals surface area contributed by atoms with Crippen LogP contribution in [0.3, 0.4) is 0 Å². The van der Waals surface area contributed by atoms with Gasteiger partial charge in [-0.1, -0.05) is 12.2 Å². The summed E-state index contributed by atoms with van der Waals surface area (Å²) >= 11 is 0. The number of rotatable bonds is 6. The molecule has 1 aromatic rings. The van der Waals surface area contributed by atoms with Gasteiger partial charge in [0.05, 0.1) is 0 Å². The Labute approximate surface area is 131 Å². The Morgan fingerprint density at radius 2 is 2.26 bits per heavy atom. The molecule has 0 atom stereocenters. The molecule has 0 aliphatic rings. The first-order valence-electron chi connectivity index (χ1n) is 6.24. The molecule has 0 aliphatic carbocycles. The van der Waals surface area contributed by atoms with E-state index in [1.807, 2.05) is 27.0 Å². The molecule has 0 radical (unpaired) electrons. The highest BCUT2D eigenvalue weighted by Crippen LogP contribution is 1.93. The number of hydrogen-bond donors (Lipinski definition) is 2. The number of aromatic nitrogens is 3. The van der Waals surface area contributed by atoms with Crippen LogP contribution < -0.4 is 10.6 Å². The van der Waals surface area contributed by atoms with Crippen LogP contribution in [0.5, 0.6) is 0 Å². The van der Waals surface area contributed by atoms with Gasteiger partial charge >= 0.3 is 0 Å². The number of aliphatic imine (C=N–C) groups is 1. The molecule has 1 heterocycles. The second-order valence-corrected chi connectivity index (χ2v) is 3.78. The predicted octanol–water partition coefficient (Wildman–Crippen LogP) is 1.45.